The average molecular weight is 279 g/mol. The zero-order valence-electron chi connectivity index (χ0n) is 10.2. The molecule has 1 aromatic carbocycles. The monoisotopic (exact) mass is 278 g/mol. The highest BCUT2D eigenvalue weighted by molar-refractivity contribution is 6.31. The lowest BCUT2D eigenvalue weighted by Crippen LogP contribution is -2.20. The zero-order valence-corrected chi connectivity index (χ0v) is 10.9. The molecule has 6 heteroatoms. The quantitative estimate of drug-likeness (QED) is 0.640. The molecule has 0 atom stereocenters. The van der Waals surface area contributed by atoms with Gasteiger partial charge in [-0.1, -0.05) is 29.8 Å². The van der Waals surface area contributed by atoms with Gasteiger partial charge in [0.1, 0.15) is 0 Å². The second kappa shape index (κ2) is 5.24. The summed E-state index contributed by atoms with van der Waals surface area (Å²) < 4.78 is 1.28. The van der Waals surface area contributed by atoms with E-state index in [1.165, 1.54) is 16.8 Å². The van der Waals surface area contributed by atoms with Crippen LogP contribution in [0.2, 0.25) is 5.02 Å². The molecule has 0 aliphatic heterocycles. The van der Waals surface area contributed by atoms with Crippen LogP contribution in [0, 0.1) is 17.0 Å². The Morgan fingerprint density at radius 3 is 2.68 bits per heavy atom. The number of benzene rings is 1. The van der Waals surface area contributed by atoms with E-state index in [9.17, 15) is 14.9 Å². The molecule has 0 aliphatic carbocycles. The number of nitrogens with zero attached hydrogens (tertiary/aromatic N) is 2. The predicted octanol–water partition coefficient (Wildman–Crippen LogP) is 2.77. The van der Waals surface area contributed by atoms with E-state index in [0.717, 1.165) is 5.56 Å². The number of nitro groups is 1. The van der Waals surface area contributed by atoms with Crippen molar-refractivity contribution in [3.63, 3.8) is 0 Å². The van der Waals surface area contributed by atoms with Gasteiger partial charge in [-0.15, -0.1) is 0 Å². The van der Waals surface area contributed by atoms with Crippen LogP contribution in [0.4, 0.5) is 5.69 Å². The topological polar surface area (TPSA) is 65.1 Å². The molecule has 5 nitrogen and oxygen atoms in total. The first-order chi connectivity index (χ1) is 8.99. The average Bonchev–Trinajstić information content (AvgIpc) is 2.34. The smallest absolute Gasteiger partial charge is 0.288 e. The standard InChI is InChI=1S/C13H11ClN2O3/c1-9-6-13(17)15(8-12(9)16(18)19)7-10-4-2-3-5-11(10)14/h2-6,8H,7H2,1H3. The van der Waals surface area contributed by atoms with Crippen LogP contribution in [0.25, 0.3) is 0 Å². The van der Waals surface area contributed by atoms with Crippen LogP contribution < -0.4 is 5.56 Å². The molecule has 2 rings (SSSR count). The molecule has 0 fully saturated rings. The van der Waals surface area contributed by atoms with Gasteiger partial charge in [0.05, 0.1) is 17.7 Å². The van der Waals surface area contributed by atoms with Crippen molar-refractivity contribution >= 4 is 17.3 Å². The number of aryl methyl sites for hydroxylation is 1. The van der Waals surface area contributed by atoms with Crippen molar-refractivity contribution in [1.82, 2.24) is 4.57 Å². The van der Waals surface area contributed by atoms with Gasteiger partial charge in [-0.05, 0) is 18.6 Å². The van der Waals surface area contributed by atoms with Crippen LogP contribution in [-0.2, 0) is 6.54 Å². The Labute approximate surface area is 114 Å². The Morgan fingerprint density at radius 2 is 2.05 bits per heavy atom. The fraction of sp³-hybridized carbons (Fsp3) is 0.154. The van der Waals surface area contributed by atoms with Crippen LogP contribution in [0.5, 0.6) is 0 Å². The number of hydrogen-bond acceptors (Lipinski definition) is 3. The van der Waals surface area contributed by atoms with E-state index in [1.807, 2.05) is 0 Å². The van der Waals surface area contributed by atoms with Crippen molar-refractivity contribution in [2.75, 3.05) is 0 Å². The van der Waals surface area contributed by atoms with Crippen LogP contribution in [0.15, 0.2) is 41.3 Å². The lowest BCUT2D eigenvalue weighted by molar-refractivity contribution is -0.385. The maximum atomic E-state index is 11.8. The van der Waals surface area contributed by atoms with Gasteiger partial charge in [-0.25, -0.2) is 0 Å². The van der Waals surface area contributed by atoms with Crippen molar-refractivity contribution in [3.8, 4) is 0 Å². The molecule has 19 heavy (non-hydrogen) atoms. The van der Waals surface area contributed by atoms with E-state index in [2.05, 4.69) is 0 Å². The molecular formula is C13H11ClN2O3. The lowest BCUT2D eigenvalue weighted by Gasteiger charge is -2.08. The highest BCUT2D eigenvalue weighted by Crippen LogP contribution is 2.18. The maximum Gasteiger partial charge on any atom is 0.288 e. The van der Waals surface area contributed by atoms with Crippen LogP contribution in [0.3, 0.4) is 0 Å². The largest absolute Gasteiger partial charge is 0.304 e. The minimum absolute atomic E-state index is 0.0772. The third kappa shape index (κ3) is 2.82. The fourth-order valence-electron chi connectivity index (χ4n) is 1.78. The Balaban J connectivity index is 2.46. The SMILES string of the molecule is Cc1cc(=O)n(Cc2ccccc2Cl)cc1[N+](=O)[O-]. The molecular weight excluding hydrogens is 268 g/mol. The number of hydrogen-bond donors (Lipinski definition) is 0. The van der Waals surface area contributed by atoms with Gasteiger partial charge >= 0.3 is 0 Å². The number of halogens is 1. The van der Waals surface area contributed by atoms with Crippen molar-refractivity contribution in [3.05, 3.63) is 73.1 Å². The molecule has 0 bridgehead atoms. The van der Waals surface area contributed by atoms with Crippen LogP contribution in [0.1, 0.15) is 11.1 Å². The summed E-state index contributed by atoms with van der Waals surface area (Å²) in [6.45, 7) is 1.75. The summed E-state index contributed by atoms with van der Waals surface area (Å²) in [5, 5.41) is 11.4. The highest BCUT2D eigenvalue weighted by Gasteiger charge is 2.13. The first-order valence-electron chi connectivity index (χ1n) is 5.58. The van der Waals surface area contributed by atoms with Crippen molar-refractivity contribution in [1.29, 1.82) is 0 Å². The molecule has 0 saturated carbocycles. The predicted molar refractivity (Wildman–Crippen MR) is 72.6 cm³/mol. The van der Waals surface area contributed by atoms with E-state index >= 15 is 0 Å². The normalized spacial score (nSPS) is 10.4. The number of aromatic nitrogens is 1. The highest BCUT2D eigenvalue weighted by atomic mass is 35.5. The number of rotatable bonds is 3. The molecule has 98 valence electrons. The van der Waals surface area contributed by atoms with Gasteiger partial charge in [0.15, 0.2) is 0 Å². The van der Waals surface area contributed by atoms with E-state index in [0.29, 0.717) is 10.6 Å². The molecule has 0 spiro atoms. The minimum atomic E-state index is -0.502. The molecule has 1 heterocycles. The molecule has 0 saturated heterocycles. The minimum Gasteiger partial charge on any atom is -0.304 e. The van der Waals surface area contributed by atoms with Crippen LogP contribution >= 0.6 is 11.6 Å². The molecule has 0 aliphatic rings. The van der Waals surface area contributed by atoms with E-state index in [1.54, 1.807) is 31.2 Å². The Bertz CT molecular complexity index is 695. The van der Waals surface area contributed by atoms with Gasteiger partial charge in [0.25, 0.3) is 11.2 Å². The lowest BCUT2D eigenvalue weighted by atomic mass is 10.2. The Morgan fingerprint density at radius 1 is 1.37 bits per heavy atom. The third-order valence-electron chi connectivity index (χ3n) is 2.80. The Kier molecular flexibility index (Phi) is 3.66. The van der Waals surface area contributed by atoms with Gasteiger partial charge in [-0.2, -0.15) is 0 Å². The van der Waals surface area contributed by atoms with Crippen molar-refractivity contribution in [2.24, 2.45) is 0 Å². The number of pyridine rings is 1. The maximum absolute atomic E-state index is 11.8. The second-order valence-electron chi connectivity index (χ2n) is 4.16. The van der Waals surface area contributed by atoms with Gasteiger partial charge in [0.2, 0.25) is 0 Å². The molecule has 0 N–H and O–H groups in total. The summed E-state index contributed by atoms with van der Waals surface area (Å²) in [7, 11) is 0. The van der Waals surface area contributed by atoms with Gasteiger partial charge in [-0.3, -0.25) is 14.9 Å². The van der Waals surface area contributed by atoms with E-state index in [4.69, 9.17) is 11.6 Å². The molecule has 0 radical (unpaired) electrons. The molecule has 2 aromatic rings. The molecule has 1 aromatic heterocycles. The van der Waals surface area contributed by atoms with Crippen molar-refractivity contribution in [2.45, 2.75) is 13.5 Å². The van der Waals surface area contributed by atoms with E-state index < -0.39 is 4.92 Å². The third-order valence-corrected chi connectivity index (χ3v) is 3.17. The van der Waals surface area contributed by atoms with E-state index in [-0.39, 0.29) is 17.8 Å². The zero-order chi connectivity index (χ0) is 14.0. The Hall–Kier alpha value is -2.14. The molecule has 0 amide bonds. The first kappa shape index (κ1) is 13.3. The first-order valence-corrected chi connectivity index (χ1v) is 5.95. The van der Waals surface area contributed by atoms with Crippen LogP contribution in [-0.4, -0.2) is 9.49 Å². The summed E-state index contributed by atoms with van der Waals surface area (Å²) in [5.41, 5.74) is 0.726. The van der Waals surface area contributed by atoms with Gasteiger partial charge in [0, 0.05) is 16.7 Å². The summed E-state index contributed by atoms with van der Waals surface area (Å²) in [4.78, 5) is 22.2. The fourth-order valence-corrected chi connectivity index (χ4v) is 1.98. The van der Waals surface area contributed by atoms with Gasteiger partial charge < -0.3 is 4.57 Å². The summed E-state index contributed by atoms with van der Waals surface area (Å²) in [6.07, 6.45) is 1.25. The second-order valence-corrected chi connectivity index (χ2v) is 4.56. The summed E-state index contributed by atoms with van der Waals surface area (Å²) in [5.74, 6) is 0. The molecule has 0 unspecified atom stereocenters. The van der Waals surface area contributed by atoms with Crippen molar-refractivity contribution < 1.29 is 4.92 Å². The summed E-state index contributed by atoms with van der Waals surface area (Å²) in [6, 6.07) is 8.33. The summed E-state index contributed by atoms with van der Waals surface area (Å²) >= 11 is 6.01.